The molecule has 0 saturated carbocycles. The van der Waals surface area contributed by atoms with Crippen LogP contribution in [-0.4, -0.2) is 23.7 Å². The van der Waals surface area contributed by atoms with Crippen molar-refractivity contribution >= 4 is 23.1 Å². The van der Waals surface area contributed by atoms with Gasteiger partial charge in [0.1, 0.15) is 0 Å². The third kappa shape index (κ3) is 5.02. The van der Waals surface area contributed by atoms with Crippen LogP contribution in [0.1, 0.15) is 19.4 Å². The molecule has 0 aliphatic carbocycles. The van der Waals surface area contributed by atoms with Gasteiger partial charge in [-0.25, -0.2) is 0 Å². The first-order chi connectivity index (χ1) is 7.99. The fraction of sp³-hybridized carbons (Fsp3) is 0.308. The largest absolute Gasteiger partial charge is 0.392 e. The van der Waals surface area contributed by atoms with Gasteiger partial charge in [0.25, 0.3) is 0 Å². The highest BCUT2D eigenvalue weighted by Gasteiger charge is 2.02. The molecular weight excluding hydrogens is 238 g/mol. The molecule has 0 fully saturated rings. The Morgan fingerprint density at radius 3 is 2.88 bits per heavy atom. The first-order valence-corrected chi connectivity index (χ1v) is 5.77. The van der Waals surface area contributed by atoms with Crippen molar-refractivity contribution in [2.75, 3.05) is 6.54 Å². The lowest BCUT2D eigenvalue weighted by molar-refractivity contribution is -0.116. The summed E-state index contributed by atoms with van der Waals surface area (Å²) in [5.41, 5.74) is 1.74. The number of nitrogens with one attached hydrogen (secondary N) is 1. The van der Waals surface area contributed by atoms with E-state index in [-0.39, 0.29) is 12.5 Å². The van der Waals surface area contributed by atoms with Gasteiger partial charge < -0.3 is 10.4 Å². The van der Waals surface area contributed by atoms with Gasteiger partial charge in [-0.2, -0.15) is 0 Å². The molecule has 1 aromatic rings. The SMILES string of the molecule is C/C(=C/C(=O)NCC(C)O)c1cccc(Cl)c1. The molecule has 1 aromatic carbocycles. The number of rotatable bonds is 4. The summed E-state index contributed by atoms with van der Waals surface area (Å²) in [4.78, 5) is 11.5. The van der Waals surface area contributed by atoms with E-state index in [0.29, 0.717) is 5.02 Å². The molecule has 0 saturated heterocycles. The first-order valence-electron chi connectivity index (χ1n) is 5.39. The molecule has 2 N–H and O–H groups in total. The number of benzene rings is 1. The Morgan fingerprint density at radius 2 is 2.29 bits per heavy atom. The van der Waals surface area contributed by atoms with Crippen LogP contribution in [0.2, 0.25) is 5.02 Å². The fourth-order valence-corrected chi connectivity index (χ4v) is 1.50. The molecule has 1 amide bonds. The van der Waals surface area contributed by atoms with Crippen LogP contribution in [0, 0.1) is 0 Å². The molecule has 0 aliphatic rings. The Kier molecular flexibility index (Phi) is 5.19. The molecule has 0 bridgehead atoms. The molecule has 3 nitrogen and oxygen atoms in total. The zero-order valence-electron chi connectivity index (χ0n) is 9.90. The zero-order chi connectivity index (χ0) is 12.8. The van der Waals surface area contributed by atoms with E-state index in [4.69, 9.17) is 16.7 Å². The van der Waals surface area contributed by atoms with Crippen LogP contribution >= 0.6 is 11.6 Å². The number of carbonyl (C=O) groups excluding carboxylic acids is 1. The number of carbonyl (C=O) groups is 1. The van der Waals surface area contributed by atoms with Gasteiger partial charge in [0, 0.05) is 17.6 Å². The van der Waals surface area contributed by atoms with Crippen LogP contribution in [0.4, 0.5) is 0 Å². The number of hydrogen-bond acceptors (Lipinski definition) is 2. The highest BCUT2D eigenvalue weighted by Crippen LogP contribution is 2.17. The minimum atomic E-state index is -0.543. The Balaban J connectivity index is 2.69. The maximum atomic E-state index is 11.5. The van der Waals surface area contributed by atoms with Crippen LogP contribution < -0.4 is 5.32 Å². The lowest BCUT2D eigenvalue weighted by atomic mass is 10.1. The van der Waals surface area contributed by atoms with Crippen molar-refractivity contribution in [3.63, 3.8) is 0 Å². The van der Waals surface area contributed by atoms with E-state index in [1.807, 2.05) is 19.1 Å². The number of hydrogen-bond donors (Lipinski definition) is 2. The van der Waals surface area contributed by atoms with Crippen molar-refractivity contribution in [1.82, 2.24) is 5.32 Å². The van der Waals surface area contributed by atoms with Gasteiger partial charge in [-0.15, -0.1) is 0 Å². The van der Waals surface area contributed by atoms with Crippen molar-refractivity contribution in [2.45, 2.75) is 20.0 Å². The number of amides is 1. The second-order valence-electron chi connectivity index (χ2n) is 3.93. The van der Waals surface area contributed by atoms with Gasteiger partial charge in [0.05, 0.1) is 6.10 Å². The summed E-state index contributed by atoms with van der Waals surface area (Å²) < 4.78 is 0. The van der Waals surface area contributed by atoms with Crippen LogP contribution in [0.15, 0.2) is 30.3 Å². The molecule has 0 radical (unpaired) electrons. The van der Waals surface area contributed by atoms with E-state index in [2.05, 4.69) is 5.32 Å². The average Bonchev–Trinajstić information content (AvgIpc) is 2.26. The standard InChI is InChI=1S/C13H16ClNO2/c1-9(6-13(17)15-8-10(2)16)11-4-3-5-12(14)7-11/h3-7,10,16H,8H2,1-2H3,(H,15,17)/b9-6-. The third-order valence-electron chi connectivity index (χ3n) is 2.20. The number of aliphatic hydroxyl groups is 1. The molecule has 1 rings (SSSR count). The Labute approximate surface area is 106 Å². The van der Waals surface area contributed by atoms with Crippen molar-refractivity contribution in [2.24, 2.45) is 0 Å². The highest BCUT2D eigenvalue weighted by molar-refractivity contribution is 6.30. The summed E-state index contributed by atoms with van der Waals surface area (Å²) >= 11 is 5.87. The topological polar surface area (TPSA) is 49.3 Å². The highest BCUT2D eigenvalue weighted by atomic mass is 35.5. The van der Waals surface area contributed by atoms with E-state index >= 15 is 0 Å². The van der Waals surface area contributed by atoms with E-state index in [0.717, 1.165) is 11.1 Å². The van der Waals surface area contributed by atoms with Crippen molar-refractivity contribution in [3.05, 3.63) is 40.9 Å². The number of allylic oxidation sites excluding steroid dienone is 1. The van der Waals surface area contributed by atoms with E-state index < -0.39 is 6.10 Å². The van der Waals surface area contributed by atoms with Crippen LogP contribution in [0.5, 0.6) is 0 Å². The van der Waals surface area contributed by atoms with Crippen molar-refractivity contribution < 1.29 is 9.90 Å². The monoisotopic (exact) mass is 253 g/mol. The molecule has 0 heterocycles. The van der Waals surface area contributed by atoms with E-state index in [1.165, 1.54) is 6.08 Å². The lowest BCUT2D eigenvalue weighted by Gasteiger charge is -2.06. The lowest BCUT2D eigenvalue weighted by Crippen LogP contribution is -2.29. The molecule has 0 aromatic heterocycles. The fourth-order valence-electron chi connectivity index (χ4n) is 1.31. The second kappa shape index (κ2) is 6.42. The maximum Gasteiger partial charge on any atom is 0.244 e. The van der Waals surface area contributed by atoms with Gasteiger partial charge in [0.2, 0.25) is 5.91 Å². The Hall–Kier alpha value is -1.32. The zero-order valence-corrected chi connectivity index (χ0v) is 10.7. The van der Waals surface area contributed by atoms with Gasteiger partial charge in [-0.3, -0.25) is 4.79 Å². The van der Waals surface area contributed by atoms with Gasteiger partial charge >= 0.3 is 0 Å². The second-order valence-corrected chi connectivity index (χ2v) is 4.37. The molecule has 92 valence electrons. The molecular formula is C13H16ClNO2. The van der Waals surface area contributed by atoms with E-state index in [1.54, 1.807) is 19.1 Å². The summed E-state index contributed by atoms with van der Waals surface area (Å²) in [6.45, 7) is 3.71. The van der Waals surface area contributed by atoms with Crippen LogP contribution in [0.3, 0.4) is 0 Å². The molecule has 1 atom stereocenters. The molecule has 1 unspecified atom stereocenters. The molecule has 0 spiro atoms. The van der Waals surface area contributed by atoms with Crippen molar-refractivity contribution in [1.29, 1.82) is 0 Å². The summed E-state index contributed by atoms with van der Waals surface area (Å²) in [5, 5.41) is 12.3. The predicted octanol–water partition coefficient (Wildman–Crippen LogP) is 2.24. The maximum absolute atomic E-state index is 11.5. The summed E-state index contributed by atoms with van der Waals surface area (Å²) in [6, 6.07) is 7.31. The van der Waals surface area contributed by atoms with Gasteiger partial charge in [-0.05, 0) is 37.1 Å². The smallest absolute Gasteiger partial charge is 0.244 e. The average molecular weight is 254 g/mol. The van der Waals surface area contributed by atoms with E-state index in [9.17, 15) is 4.79 Å². The molecule has 4 heteroatoms. The van der Waals surface area contributed by atoms with Gasteiger partial charge in [-0.1, -0.05) is 23.7 Å². The van der Waals surface area contributed by atoms with Gasteiger partial charge in [0.15, 0.2) is 0 Å². The number of halogens is 1. The molecule has 0 aliphatic heterocycles. The minimum Gasteiger partial charge on any atom is -0.392 e. The summed E-state index contributed by atoms with van der Waals surface area (Å²) in [7, 11) is 0. The van der Waals surface area contributed by atoms with Crippen LogP contribution in [-0.2, 0) is 4.79 Å². The predicted molar refractivity (Wildman–Crippen MR) is 69.8 cm³/mol. The Morgan fingerprint density at radius 1 is 1.59 bits per heavy atom. The minimum absolute atomic E-state index is 0.219. The first kappa shape index (κ1) is 13.7. The quantitative estimate of drug-likeness (QED) is 0.809. The number of aliphatic hydroxyl groups excluding tert-OH is 1. The van der Waals surface area contributed by atoms with Crippen LogP contribution in [0.25, 0.3) is 5.57 Å². The summed E-state index contributed by atoms with van der Waals surface area (Å²) in [5.74, 6) is -0.219. The summed E-state index contributed by atoms with van der Waals surface area (Å²) in [6.07, 6.45) is 0.951. The molecule has 17 heavy (non-hydrogen) atoms. The third-order valence-corrected chi connectivity index (χ3v) is 2.43. The Bertz CT molecular complexity index is 427. The van der Waals surface area contributed by atoms with Crippen molar-refractivity contribution in [3.8, 4) is 0 Å². The normalized spacial score (nSPS) is 13.3.